The molecule has 0 heterocycles. The van der Waals surface area contributed by atoms with E-state index in [2.05, 4.69) is 553 Å². The van der Waals surface area contributed by atoms with E-state index in [1.807, 2.05) is 0 Å². The molecule has 698 valence electrons. The van der Waals surface area contributed by atoms with Gasteiger partial charge in [0.25, 0.3) is 0 Å². The van der Waals surface area contributed by atoms with E-state index in [4.69, 9.17) is 0 Å². The van der Waals surface area contributed by atoms with Gasteiger partial charge in [-0.25, -0.2) is 0 Å². The molecule has 0 bridgehead atoms. The highest BCUT2D eigenvalue weighted by atomic mass is 14.4. The Balaban J connectivity index is 0.000000109. The Bertz CT molecular complexity index is 10100. The van der Waals surface area contributed by atoms with Gasteiger partial charge in [0.1, 0.15) is 0 Å². The molecule has 26 aromatic rings. The third kappa shape index (κ3) is 13.9. The molecule has 30 rings (SSSR count). The van der Waals surface area contributed by atoms with Crippen LogP contribution >= 0.6 is 0 Å². The second-order valence-corrected chi connectivity index (χ2v) is 43.5. The zero-order chi connectivity index (χ0) is 99.2. The minimum Gasteiger partial charge on any atom is -0.0622 e. The Hall–Kier alpha value is -17.7. The van der Waals surface area contributed by atoms with Crippen LogP contribution in [0.3, 0.4) is 0 Å². The topological polar surface area (TPSA) is 0 Å². The molecule has 0 atom stereocenters. The van der Waals surface area contributed by atoms with E-state index in [1.165, 1.54) is 297 Å². The molecular formula is C148H106. The Morgan fingerprint density at radius 3 is 0.676 bits per heavy atom. The zero-order valence-corrected chi connectivity index (χ0v) is 84.3. The van der Waals surface area contributed by atoms with Crippen LogP contribution in [0, 0.1) is 0 Å². The lowest BCUT2D eigenvalue weighted by atomic mass is 9.79. The van der Waals surface area contributed by atoms with Gasteiger partial charge in [0.05, 0.1) is 0 Å². The summed E-state index contributed by atoms with van der Waals surface area (Å²) in [6.45, 7) is 19.0. The number of rotatable bonds is 9. The maximum Gasteiger partial charge on any atom is 0.0159 e. The second kappa shape index (κ2) is 34.0. The van der Waals surface area contributed by atoms with Crippen LogP contribution in [0.5, 0.6) is 0 Å². The molecule has 4 aliphatic carbocycles. The first-order valence-electron chi connectivity index (χ1n) is 52.4. The summed E-state index contributed by atoms with van der Waals surface area (Å²) in [6, 6.07) is 186. The molecule has 0 unspecified atom stereocenters. The van der Waals surface area contributed by atoms with Crippen molar-refractivity contribution in [2.45, 2.75) is 77.0 Å². The van der Waals surface area contributed by atoms with E-state index in [1.54, 1.807) is 0 Å². The van der Waals surface area contributed by atoms with Crippen molar-refractivity contribution in [3.8, 4) is 145 Å². The Labute approximate surface area is 864 Å². The van der Waals surface area contributed by atoms with Gasteiger partial charge >= 0.3 is 0 Å². The summed E-state index contributed by atoms with van der Waals surface area (Å²) >= 11 is 0. The molecule has 0 spiro atoms. The SMILES string of the molecule is CC1(C)c2ccccc2-c2ccc(-c3ccc4c(-c5ccc6c(c5)C(C)(C)c5ccccc5-6)c5ccccc5c(-c5ccc6c(c5)C(C)(C)c5ccccc5-6)c4c3)cc21.CC1(C)c2ccccc2-c2ccc(-c3ccc4c(-c5ccc6ccccc6c5)c5ccccc5c(-c5ccc6ccccc6c5)c4c3)cc21.c1ccc(-c2ccc3c(-c4ccc5c(ccc6ccccc65)c4)c4ccccc4c(-c4ccccc4)c3c2)cc1. The third-order valence-corrected chi connectivity index (χ3v) is 33.9. The second-order valence-electron chi connectivity index (χ2n) is 43.5. The molecule has 0 radical (unpaired) electrons. The van der Waals surface area contributed by atoms with Crippen LogP contribution in [0.4, 0.5) is 0 Å². The predicted molar refractivity (Wildman–Crippen MR) is 634 cm³/mol. The van der Waals surface area contributed by atoms with Crippen molar-refractivity contribution in [1.82, 2.24) is 0 Å². The first-order valence-corrected chi connectivity index (χ1v) is 52.4. The molecule has 0 heteroatoms. The molecular weight excluding hydrogens is 1780 g/mol. The van der Waals surface area contributed by atoms with E-state index < -0.39 is 0 Å². The lowest BCUT2D eigenvalue weighted by molar-refractivity contribution is 0.660. The quantitative estimate of drug-likeness (QED) is 0.0998. The van der Waals surface area contributed by atoms with Crippen LogP contribution in [-0.2, 0) is 21.7 Å². The van der Waals surface area contributed by atoms with Crippen molar-refractivity contribution in [3.05, 3.63) is 542 Å². The van der Waals surface area contributed by atoms with Gasteiger partial charge in [-0.2, -0.15) is 0 Å². The minimum atomic E-state index is -0.0950. The third-order valence-electron chi connectivity index (χ3n) is 33.9. The summed E-state index contributed by atoms with van der Waals surface area (Å²) < 4.78 is 0. The lowest BCUT2D eigenvalue weighted by Crippen LogP contribution is -2.15. The summed E-state index contributed by atoms with van der Waals surface area (Å²) in [7, 11) is 0. The maximum atomic E-state index is 2.51. The molecule has 0 amide bonds. The molecule has 26 aromatic carbocycles. The largest absolute Gasteiger partial charge is 0.0622 e. The minimum absolute atomic E-state index is 0.0471. The molecule has 0 nitrogen and oxygen atoms in total. The number of hydrogen-bond acceptors (Lipinski definition) is 0. The molecule has 0 fully saturated rings. The fourth-order valence-corrected chi connectivity index (χ4v) is 26.5. The van der Waals surface area contributed by atoms with E-state index in [-0.39, 0.29) is 21.7 Å². The normalized spacial score (nSPS) is 13.8. The highest BCUT2D eigenvalue weighted by Gasteiger charge is 2.41. The molecule has 4 aliphatic rings. The average molecular weight is 1880 g/mol. The van der Waals surface area contributed by atoms with Gasteiger partial charge < -0.3 is 0 Å². The molecule has 148 heavy (non-hydrogen) atoms. The lowest BCUT2D eigenvalue weighted by Gasteiger charge is -2.24. The fraction of sp³-hybridized carbons (Fsp3) is 0.0811. The van der Waals surface area contributed by atoms with Crippen LogP contribution in [0.2, 0.25) is 0 Å². The van der Waals surface area contributed by atoms with E-state index in [9.17, 15) is 0 Å². The zero-order valence-electron chi connectivity index (χ0n) is 84.3. The Morgan fingerprint density at radius 2 is 0.304 bits per heavy atom. The first-order chi connectivity index (χ1) is 72.4. The molecule has 0 aromatic heterocycles. The van der Waals surface area contributed by atoms with Gasteiger partial charge in [0.2, 0.25) is 0 Å². The summed E-state index contributed by atoms with van der Waals surface area (Å²) in [5.74, 6) is 0. The van der Waals surface area contributed by atoms with E-state index >= 15 is 0 Å². The van der Waals surface area contributed by atoms with Gasteiger partial charge in [-0.1, -0.05) is 492 Å². The van der Waals surface area contributed by atoms with Crippen LogP contribution in [0.25, 0.3) is 252 Å². The highest BCUT2D eigenvalue weighted by molar-refractivity contribution is 6.26. The first kappa shape index (κ1) is 88.1. The number of hydrogen-bond donors (Lipinski definition) is 0. The summed E-state index contributed by atoms with van der Waals surface area (Å²) in [4.78, 5) is 0. The van der Waals surface area contributed by atoms with Crippen LogP contribution in [0.15, 0.2) is 497 Å². The predicted octanol–water partition coefficient (Wildman–Crippen LogP) is 40.8. The molecule has 0 N–H and O–H groups in total. The Morgan fingerprint density at radius 1 is 0.101 bits per heavy atom. The van der Waals surface area contributed by atoms with Gasteiger partial charge in [-0.3, -0.25) is 0 Å². The Kier molecular flexibility index (Phi) is 20.2. The van der Waals surface area contributed by atoms with Gasteiger partial charge in [-0.05, 0) is 358 Å². The average Bonchev–Trinajstić information content (AvgIpc) is 1.24. The fourth-order valence-electron chi connectivity index (χ4n) is 26.5. The van der Waals surface area contributed by atoms with Crippen molar-refractivity contribution in [2.24, 2.45) is 0 Å². The van der Waals surface area contributed by atoms with Gasteiger partial charge in [0, 0.05) is 21.7 Å². The number of fused-ring (bicyclic) bond motifs is 23. The van der Waals surface area contributed by atoms with Crippen LogP contribution in [-0.4, -0.2) is 0 Å². The van der Waals surface area contributed by atoms with E-state index in [0.29, 0.717) is 0 Å². The smallest absolute Gasteiger partial charge is 0.0159 e. The van der Waals surface area contributed by atoms with Crippen LogP contribution < -0.4 is 0 Å². The molecule has 0 saturated heterocycles. The van der Waals surface area contributed by atoms with Crippen molar-refractivity contribution in [2.75, 3.05) is 0 Å². The molecule has 0 saturated carbocycles. The standard InChI is InChI=1S/C59H46.C49H34.C40H26/c1-57(2)49-20-12-9-15-39(49)42-27-23-36(32-52(42)57)35-24-30-47-48(31-35)56(38-26-29-44-41-17-11-14-22-51(41)59(5,6)54(44)34-38)46-19-8-7-18-45(46)55(47)37-25-28-43-40-16-10-13-21-50(40)58(3,4)53(43)33-37;1-49(2)45-18-10-9-15-39(45)40-25-23-36(30-46(40)49)35-24-26-43-44(29-35)48(38-22-20-32-12-4-6-14-34(32)28-38)42-17-8-7-16-41(42)47(43)37-21-19-31-11-3-5-13-33(31)27-37;1-3-11-27(12-4-1)30-21-24-37-38(26-30)39(29-14-5-2-6-15-29)35-17-9-10-18-36(35)40(37)32-22-23-34-31(25-32)20-19-28-13-7-8-16-33(28)34/h7-34H,1-6H3;3-30H,1-2H3;1-26H. The highest BCUT2D eigenvalue weighted by Crippen LogP contribution is 2.59. The van der Waals surface area contributed by atoms with Crippen molar-refractivity contribution in [3.63, 3.8) is 0 Å². The summed E-state index contributed by atoms with van der Waals surface area (Å²) in [5, 5.41) is 25.5. The number of benzene rings is 26. The van der Waals surface area contributed by atoms with Crippen molar-refractivity contribution >= 4 is 108 Å². The van der Waals surface area contributed by atoms with Gasteiger partial charge in [0.15, 0.2) is 0 Å². The van der Waals surface area contributed by atoms with Crippen molar-refractivity contribution < 1.29 is 0 Å². The molecule has 0 aliphatic heterocycles. The van der Waals surface area contributed by atoms with E-state index in [0.717, 1.165) is 0 Å². The summed E-state index contributed by atoms with van der Waals surface area (Å²) in [6.07, 6.45) is 0. The van der Waals surface area contributed by atoms with Crippen LogP contribution in [0.1, 0.15) is 99.9 Å². The van der Waals surface area contributed by atoms with Crippen molar-refractivity contribution in [1.29, 1.82) is 0 Å². The monoisotopic (exact) mass is 1880 g/mol. The maximum absolute atomic E-state index is 2.51. The van der Waals surface area contributed by atoms with Gasteiger partial charge in [-0.15, -0.1) is 0 Å². The summed E-state index contributed by atoms with van der Waals surface area (Å²) in [5.41, 5.74) is 44.5.